The highest BCUT2D eigenvalue weighted by molar-refractivity contribution is 5.90. The Labute approximate surface area is 166 Å². The second-order valence-electron chi connectivity index (χ2n) is 7.69. The Morgan fingerprint density at radius 3 is 2.21 bits per heavy atom. The maximum atomic E-state index is 12.6. The average molecular weight is 396 g/mol. The lowest BCUT2D eigenvalue weighted by atomic mass is 9.92. The van der Waals surface area contributed by atoms with Crippen molar-refractivity contribution in [2.45, 2.75) is 52.1 Å². The quantitative estimate of drug-likeness (QED) is 0.503. The summed E-state index contributed by atoms with van der Waals surface area (Å²) in [6.45, 7) is 6.69. The number of amides is 1. The Morgan fingerprint density at radius 2 is 1.71 bits per heavy atom. The number of carboxylic acid groups (broad SMARTS) is 1. The van der Waals surface area contributed by atoms with E-state index in [1.165, 1.54) is 7.11 Å². The molecule has 0 aliphatic heterocycles. The summed E-state index contributed by atoms with van der Waals surface area (Å²) >= 11 is 0. The number of hydrogen-bond donors (Lipinski definition) is 3. The molecule has 0 unspecified atom stereocenters. The highest BCUT2D eigenvalue weighted by atomic mass is 16.5. The molecular weight excluding hydrogens is 364 g/mol. The van der Waals surface area contributed by atoms with Gasteiger partial charge in [0.15, 0.2) is 0 Å². The summed E-state index contributed by atoms with van der Waals surface area (Å²) in [7, 11) is 1.25. The first-order valence-corrected chi connectivity index (χ1v) is 8.99. The van der Waals surface area contributed by atoms with Gasteiger partial charge in [0.1, 0.15) is 6.04 Å². The van der Waals surface area contributed by atoms with E-state index in [0.717, 1.165) is 12.0 Å². The molecule has 0 aliphatic carbocycles. The SMILES string of the molecule is COC(=O)[C@@H](Cc1ccccc1)NC(=O)[C@@H](CC(=O)O)NCCC(C)(C)C.O. The average Bonchev–Trinajstić information content (AvgIpc) is 2.59. The van der Waals surface area contributed by atoms with Gasteiger partial charge in [-0.3, -0.25) is 9.59 Å². The number of esters is 1. The van der Waals surface area contributed by atoms with Gasteiger partial charge in [-0.15, -0.1) is 0 Å². The number of nitrogens with one attached hydrogen (secondary N) is 2. The summed E-state index contributed by atoms with van der Waals surface area (Å²) in [4.78, 5) is 35.8. The summed E-state index contributed by atoms with van der Waals surface area (Å²) in [5.74, 6) is -2.19. The molecule has 1 amide bonds. The van der Waals surface area contributed by atoms with Gasteiger partial charge >= 0.3 is 11.9 Å². The number of rotatable bonds is 10. The Bertz CT molecular complexity index is 627. The fraction of sp³-hybridized carbons (Fsp3) is 0.550. The minimum atomic E-state index is -1.09. The van der Waals surface area contributed by atoms with Crippen LogP contribution in [0.4, 0.5) is 0 Å². The number of carbonyl (C=O) groups is 3. The van der Waals surface area contributed by atoms with Crippen LogP contribution in [0.25, 0.3) is 0 Å². The third kappa shape index (κ3) is 10.0. The first-order chi connectivity index (χ1) is 12.6. The van der Waals surface area contributed by atoms with Crippen molar-refractivity contribution >= 4 is 17.8 Å². The number of ether oxygens (including phenoxy) is 1. The minimum Gasteiger partial charge on any atom is -0.481 e. The molecule has 0 bridgehead atoms. The lowest BCUT2D eigenvalue weighted by molar-refractivity contribution is -0.145. The van der Waals surface area contributed by atoms with Crippen LogP contribution in [0, 0.1) is 5.41 Å². The molecule has 5 N–H and O–H groups in total. The molecule has 2 atom stereocenters. The molecular formula is C20H32N2O6. The van der Waals surface area contributed by atoms with Gasteiger partial charge in [0, 0.05) is 6.42 Å². The smallest absolute Gasteiger partial charge is 0.328 e. The van der Waals surface area contributed by atoms with E-state index < -0.39 is 29.9 Å². The van der Waals surface area contributed by atoms with Crippen molar-refractivity contribution in [2.24, 2.45) is 5.41 Å². The van der Waals surface area contributed by atoms with Gasteiger partial charge in [0.05, 0.1) is 19.6 Å². The second-order valence-corrected chi connectivity index (χ2v) is 7.69. The van der Waals surface area contributed by atoms with Gasteiger partial charge in [-0.25, -0.2) is 4.79 Å². The van der Waals surface area contributed by atoms with Crippen molar-refractivity contribution in [1.29, 1.82) is 0 Å². The van der Waals surface area contributed by atoms with E-state index in [0.29, 0.717) is 6.54 Å². The predicted octanol–water partition coefficient (Wildman–Crippen LogP) is 0.931. The van der Waals surface area contributed by atoms with Crippen LogP contribution in [0.2, 0.25) is 0 Å². The van der Waals surface area contributed by atoms with Crippen LogP contribution >= 0.6 is 0 Å². The fourth-order valence-electron chi connectivity index (χ4n) is 2.51. The largest absolute Gasteiger partial charge is 0.481 e. The summed E-state index contributed by atoms with van der Waals surface area (Å²) in [6.07, 6.45) is 0.678. The fourth-order valence-corrected chi connectivity index (χ4v) is 2.51. The van der Waals surface area contributed by atoms with Crippen molar-refractivity contribution in [1.82, 2.24) is 10.6 Å². The normalized spacial score (nSPS) is 13.0. The van der Waals surface area contributed by atoms with Crippen molar-refractivity contribution in [3.63, 3.8) is 0 Å². The van der Waals surface area contributed by atoms with Crippen LogP contribution in [-0.4, -0.2) is 54.2 Å². The molecule has 0 saturated heterocycles. The van der Waals surface area contributed by atoms with E-state index in [-0.39, 0.29) is 23.7 Å². The molecule has 8 heteroatoms. The zero-order chi connectivity index (χ0) is 20.4. The number of carbonyl (C=O) groups excluding carboxylic acids is 2. The first-order valence-electron chi connectivity index (χ1n) is 8.99. The first kappa shape index (κ1) is 25.6. The molecule has 0 aliphatic rings. The second kappa shape index (κ2) is 12.1. The molecule has 1 aromatic rings. The monoisotopic (exact) mass is 396 g/mol. The molecule has 0 spiro atoms. The van der Waals surface area contributed by atoms with Crippen LogP contribution in [0.5, 0.6) is 0 Å². The number of carboxylic acids is 1. The van der Waals surface area contributed by atoms with Crippen molar-refractivity contribution < 1.29 is 29.7 Å². The molecule has 28 heavy (non-hydrogen) atoms. The minimum absolute atomic E-state index is 0. The standard InChI is InChI=1S/C20H30N2O5.H2O/c1-20(2,3)10-11-21-15(13-17(23)24)18(25)22-16(19(26)27-4)12-14-8-6-5-7-9-14;/h5-9,15-16,21H,10-13H2,1-4H3,(H,22,25)(H,23,24);1H2/t15-,16-;/m1./s1. The topological polar surface area (TPSA) is 136 Å². The lowest BCUT2D eigenvalue weighted by Gasteiger charge is -2.23. The summed E-state index contributed by atoms with van der Waals surface area (Å²) in [5.41, 5.74) is 0.919. The van der Waals surface area contributed by atoms with Gasteiger partial charge in [0.2, 0.25) is 5.91 Å². The van der Waals surface area contributed by atoms with Gasteiger partial charge in [-0.1, -0.05) is 51.1 Å². The molecule has 8 nitrogen and oxygen atoms in total. The van der Waals surface area contributed by atoms with E-state index >= 15 is 0 Å². The third-order valence-electron chi connectivity index (χ3n) is 4.05. The molecule has 0 radical (unpaired) electrons. The lowest BCUT2D eigenvalue weighted by Crippen LogP contribution is -2.52. The van der Waals surface area contributed by atoms with Crippen LogP contribution in [0.3, 0.4) is 0 Å². The van der Waals surface area contributed by atoms with Crippen LogP contribution < -0.4 is 10.6 Å². The zero-order valence-electron chi connectivity index (χ0n) is 17.0. The number of methoxy groups -OCH3 is 1. The molecule has 1 rings (SSSR count). The van der Waals surface area contributed by atoms with Crippen molar-refractivity contribution in [2.75, 3.05) is 13.7 Å². The molecule has 0 aromatic heterocycles. The highest BCUT2D eigenvalue weighted by Crippen LogP contribution is 2.17. The zero-order valence-corrected chi connectivity index (χ0v) is 17.0. The number of aliphatic carboxylic acids is 1. The van der Waals surface area contributed by atoms with Crippen molar-refractivity contribution in [3.05, 3.63) is 35.9 Å². The Kier molecular flexibility index (Phi) is 11.0. The van der Waals surface area contributed by atoms with E-state index in [4.69, 9.17) is 9.84 Å². The summed E-state index contributed by atoms with van der Waals surface area (Å²) in [5, 5.41) is 14.7. The third-order valence-corrected chi connectivity index (χ3v) is 4.05. The molecule has 0 fully saturated rings. The summed E-state index contributed by atoms with van der Waals surface area (Å²) in [6, 6.07) is 7.42. The van der Waals surface area contributed by atoms with Gasteiger partial charge < -0.3 is 26.0 Å². The molecule has 158 valence electrons. The molecule has 0 saturated carbocycles. The Hall–Kier alpha value is -2.45. The predicted molar refractivity (Wildman–Crippen MR) is 106 cm³/mol. The number of hydrogen-bond acceptors (Lipinski definition) is 5. The van der Waals surface area contributed by atoms with Crippen LogP contribution in [0.1, 0.15) is 39.2 Å². The molecule has 0 heterocycles. The maximum absolute atomic E-state index is 12.6. The number of benzene rings is 1. The summed E-state index contributed by atoms with van der Waals surface area (Å²) < 4.78 is 4.78. The van der Waals surface area contributed by atoms with Gasteiger partial charge in [0.25, 0.3) is 0 Å². The molecule has 1 aromatic carbocycles. The van der Waals surface area contributed by atoms with E-state index in [1.807, 2.05) is 30.3 Å². The van der Waals surface area contributed by atoms with Crippen molar-refractivity contribution in [3.8, 4) is 0 Å². The van der Waals surface area contributed by atoms with Gasteiger partial charge in [-0.2, -0.15) is 0 Å². The van der Waals surface area contributed by atoms with E-state index in [2.05, 4.69) is 31.4 Å². The Balaban J connectivity index is 0.00000729. The van der Waals surface area contributed by atoms with E-state index in [9.17, 15) is 14.4 Å². The van der Waals surface area contributed by atoms with E-state index in [1.54, 1.807) is 0 Å². The van der Waals surface area contributed by atoms with Gasteiger partial charge in [-0.05, 0) is 23.9 Å². The highest BCUT2D eigenvalue weighted by Gasteiger charge is 2.28. The maximum Gasteiger partial charge on any atom is 0.328 e. The Morgan fingerprint density at radius 1 is 1.11 bits per heavy atom. The van der Waals surface area contributed by atoms with Crippen LogP contribution in [0.15, 0.2) is 30.3 Å². The van der Waals surface area contributed by atoms with Crippen LogP contribution in [-0.2, 0) is 25.5 Å².